The number of hydrogen-bond donors (Lipinski definition) is 2. The Kier molecular flexibility index (Phi) is 6.32. The van der Waals surface area contributed by atoms with Gasteiger partial charge in [0.25, 0.3) is 5.91 Å². The fourth-order valence-corrected chi connectivity index (χ4v) is 4.34. The summed E-state index contributed by atoms with van der Waals surface area (Å²) in [5.41, 5.74) is 3.97. The zero-order chi connectivity index (χ0) is 24.2. The van der Waals surface area contributed by atoms with Crippen molar-refractivity contribution in [3.8, 4) is 11.4 Å². The Hall–Kier alpha value is -4.37. The summed E-state index contributed by atoms with van der Waals surface area (Å²) < 4.78 is 6.14. The van der Waals surface area contributed by atoms with E-state index in [9.17, 15) is 9.59 Å². The molecule has 0 aliphatic heterocycles. The number of amides is 2. The van der Waals surface area contributed by atoms with Crippen LogP contribution in [0.5, 0.6) is 0 Å². The van der Waals surface area contributed by atoms with Crippen molar-refractivity contribution in [1.82, 2.24) is 15.1 Å². The Morgan fingerprint density at radius 2 is 1.74 bits per heavy atom. The average Bonchev–Trinajstić information content (AvgIpc) is 3.50. The van der Waals surface area contributed by atoms with Gasteiger partial charge in [-0.05, 0) is 37.3 Å². The van der Waals surface area contributed by atoms with Crippen LogP contribution in [0.25, 0.3) is 21.6 Å². The molecule has 5 rings (SSSR count). The third-order valence-electron chi connectivity index (χ3n) is 5.27. The van der Waals surface area contributed by atoms with E-state index in [1.807, 2.05) is 61.5 Å². The Balaban J connectivity index is 1.18. The Labute approximate surface area is 205 Å². The van der Waals surface area contributed by atoms with Crippen LogP contribution in [-0.2, 0) is 11.2 Å². The van der Waals surface area contributed by atoms with E-state index in [1.54, 1.807) is 18.2 Å². The van der Waals surface area contributed by atoms with Gasteiger partial charge in [0.05, 0.1) is 10.2 Å². The summed E-state index contributed by atoms with van der Waals surface area (Å²) in [7, 11) is 0. The van der Waals surface area contributed by atoms with Gasteiger partial charge in [0.2, 0.25) is 17.6 Å². The second-order valence-corrected chi connectivity index (χ2v) is 8.98. The molecule has 8 nitrogen and oxygen atoms in total. The first kappa shape index (κ1) is 22.4. The summed E-state index contributed by atoms with van der Waals surface area (Å²) in [6, 6.07) is 22.2. The third-order valence-corrected chi connectivity index (χ3v) is 6.21. The number of aryl methyl sites for hydroxylation is 2. The Morgan fingerprint density at radius 3 is 2.54 bits per heavy atom. The van der Waals surface area contributed by atoms with Crippen LogP contribution >= 0.6 is 11.3 Å². The highest BCUT2D eigenvalue weighted by Gasteiger charge is 2.13. The van der Waals surface area contributed by atoms with Gasteiger partial charge < -0.3 is 9.84 Å². The second kappa shape index (κ2) is 9.86. The lowest BCUT2D eigenvalue weighted by Gasteiger charge is -2.03. The second-order valence-electron chi connectivity index (χ2n) is 7.95. The number of rotatable bonds is 7. The van der Waals surface area contributed by atoms with E-state index >= 15 is 0 Å². The number of aromatic nitrogens is 3. The molecule has 0 saturated carbocycles. The molecule has 9 heteroatoms. The van der Waals surface area contributed by atoms with Gasteiger partial charge in [-0.1, -0.05) is 64.5 Å². The van der Waals surface area contributed by atoms with E-state index in [4.69, 9.17) is 4.52 Å². The quantitative estimate of drug-likeness (QED) is 0.317. The molecule has 0 saturated heterocycles. The van der Waals surface area contributed by atoms with Gasteiger partial charge in [-0.3, -0.25) is 14.9 Å². The molecule has 35 heavy (non-hydrogen) atoms. The van der Waals surface area contributed by atoms with Crippen LogP contribution in [0, 0.1) is 6.92 Å². The van der Waals surface area contributed by atoms with Crippen LogP contribution in [0.1, 0.15) is 28.2 Å². The summed E-state index contributed by atoms with van der Waals surface area (Å²) in [4.78, 5) is 33.7. The summed E-state index contributed by atoms with van der Waals surface area (Å²) >= 11 is 1.35. The van der Waals surface area contributed by atoms with Crippen LogP contribution in [-0.4, -0.2) is 26.9 Å². The highest BCUT2D eigenvalue weighted by atomic mass is 32.1. The van der Waals surface area contributed by atoms with E-state index in [0.29, 0.717) is 34.5 Å². The Bertz CT molecular complexity index is 1490. The van der Waals surface area contributed by atoms with Crippen molar-refractivity contribution >= 4 is 44.2 Å². The van der Waals surface area contributed by atoms with E-state index in [2.05, 4.69) is 25.8 Å². The summed E-state index contributed by atoms with van der Waals surface area (Å²) in [6.45, 7) is 2.01. The van der Waals surface area contributed by atoms with E-state index in [-0.39, 0.29) is 18.2 Å². The highest BCUT2D eigenvalue weighted by Crippen LogP contribution is 2.29. The van der Waals surface area contributed by atoms with Crippen molar-refractivity contribution < 1.29 is 14.1 Å². The smallest absolute Gasteiger partial charge is 0.257 e. The number of nitrogens with zero attached hydrogens (tertiary/aromatic N) is 3. The maximum atomic E-state index is 12.5. The largest absolute Gasteiger partial charge is 0.339 e. The van der Waals surface area contributed by atoms with Gasteiger partial charge in [0.15, 0.2) is 5.13 Å². The molecule has 0 radical (unpaired) electrons. The minimum absolute atomic E-state index is 0.165. The number of anilines is 2. The zero-order valence-corrected chi connectivity index (χ0v) is 19.6. The summed E-state index contributed by atoms with van der Waals surface area (Å²) in [5, 5.41) is 10.2. The maximum Gasteiger partial charge on any atom is 0.257 e. The normalized spacial score (nSPS) is 10.9. The van der Waals surface area contributed by atoms with Gasteiger partial charge in [-0.2, -0.15) is 4.98 Å². The van der Waals surface area contributed by atoms with Crippen LogP contribution in [0.3, 0.4) is 0 Å². The zero-order valence-electron chi connectivity index (χ0n) is 18.8. The predicted molar refractivity (Wildman–Crippen MR) is 135 cm³/mol. The number of carbonyl (C=O) groups excluding carboxylic acids is 2. The lowest BCUT2D eigenvalue weighted by Crippen LogP contribution is -2.12. The lowest BCUT2D eigenvalue weighted by molar-refractivity contribution is -0.116. The molecular weight excluding hydrogens is 462 g/mol. The molecule has 0 atom stereocenters. The molecule has 2 N–H and O–H groups in total. The number of thiazole rings is 1. The third kappa shape index (κ3) is 5.42. The van der Waals surface area contributed by atoms with Crippen LogP contribution in [0.15, 0.2) is 77.3 Å². The van der Waals surface area contributed by atoms with Crippen molar-refractivity contribution in [2.24, 2.45) is 0 Å². The molecular formula is C26H21N5O3S. The molecule has 5 aromatic rings. The molecule has 3 aromatic carbocycles. The topological polar surface area (TPSA) is 110 Å². The first-order valence-corrected chi connectivity index (χ1v) is 11.8. The molecule has 0 aliphatic carbocycles. The van der Waals surface area contributed by atoms with Crippen molar-refractivity contribution in [2.75, 3.05) is 10.6 Å². The molecule has 2 heterocycles. The number of nitrogens with one attached hydrogen (secondary N) is 2. The van der Waals surface area contributed by atoms with Crippen molar-refractivity contribution in [2.45, 2.75) is 19.8 Å². The fraction of sp³-hybridized carbons (Fsp3) is 0.115. The number of carbonyl (C=O) groups is 2. The van der Waals surface area contributed by atoms with Gasteiger partial charge in [-0.25, -0.2) is 4.98 Å². The fourth-order valence-electron chi connectivity index (χ4n) is 3.43. The van der Waals surface area contributed by atoms with Gasteiger partial charge in [0.1, 0.15) is 0 Å². The molecule has 2 amide bonds. The van der Waals surface area contributed by atoms with Crippen molar-refractivity contribution in [3.05, 3.63) is 89.8 Å². The average molecular weight is 484 g/mol. The molecule has 0 aliphatic rings. The molecule has 0 fully saturated rings. The first-order chi connectivity index (χ1) is 17.0. The van der Waals surface area contributed by atoms with Crippen LogP contribution in [0.4, 0.5) is 10.8 Å². The summed E-state index contributed by atoms with van der Waals surface area (Å²) in [5.74, 6) is 0.532. The number of benzene rings is 3. The van der Waals surface area contributed by atoms with E-state index < -0.39 is 0 Å². The lowest BCUT2D eigenvalue weighted by atomic mass is 10.1. The maximum absolute atomic E-state index is 12.5. The molecule has 0 spiro atoms. The van der Waals surface area contributed by atoms with E-state index in [0.717, 1.165) is 21.3 Å². The van der Waals surface area contributed by atoms with Gasteiger partial charge >= 0.3 is 0 Å². The highest BCUT2D eigenvalue weighted by molar-refractivity contribution is 7.22. The van der Waals surface area contributed by atoms with Gasteiger partial charge in [0, 0.05) is 29.7 Å². The monoisotopic (exact) mass is 483 g/mol. The van der Waals surface area contributed by atoms with Crippen LogP contribution in [0.2, 0.25) is 0 Å². The SMILES string of the molecule is Cc1ccc(-c2noc(CCC(=O)Nc3ccc4nc(NC(=O)c5ccccc5)sc4c3)n2)cc1. The summed E-state index contributed by atoms with van der Waals surface area (Å²) in [6.07, 6.45) is 0.539. The molecule has 0 bridgehead atoms. The molecule has 2 aromatic heterocycles. The minimum Gasteiger partial charge on any atom is -0.339 e. The molecule has 174 valence electrons. The van der Waals surface area contributed by atoms with Crippen molar-refractivity contribution in [3.63, 3.8) is 0 Å². The first-order valence-electron chi connectivity index (χ1n) is 11.0. The van der Waals surface area contributed by atoms with Crippen molar-refractivity contribution in [1.29, 1.82) is 0 Å². The molecule has 0 unspecified atom stereocenters. The standard InChI is InChI=1S/C26H21N5O3S/c1-16-7-9-17(10-8-16)24-29-23(34-31-24)14-13-22(32)27-19-11-12-20-21(15-19)35-26(28-20)30-25(33)18-5-3-2-4-6-18/h2-12,15H,13-14H2,1H3,(H,27,32)(H,28,30,33). The van der Waals surface area contributed by atoms with Gasteiger partial charge in [-0.15, -0.1) is 0 Å². The Morgan fingerprint density at radius 1 is 0.943 bits per heavy atom. The van der Waals surface area contributed by atoms with Crippen LogP contribution < -0.4 is 10.6 Å². The minimum atomic E-state index is -0.218. The predicted octanol–water partition coefficient (Wildman–Crippen LogP) is 5.48. The van der Waals surface area contributed by atoms with E-state index in [1.165, 1.54) is 11.3 Å². The number of hydrogen-bond acceptors (Lipinski definition) is 7. The number of fused-ring (bicyclic) bond motifs is 1.